The first kappa shape index (κ1) is 22.7. The third-order valence-electron chi connectivity index (χ3n) is 5.83. The Morgan fingerprint density at radius 3 is 2.55 bits per heavy atom. The maximum Gasteiger partial charge on any atom is 0.171 e. The van der Waals surface area contributed by atoms with Crippen molar-refractivity contribution in [2.75, 3.05) is 27.4 Å². The van der Waals surface area contributed by atoms with E-state index in [0.717, 1.165) is 18.4 Å². The van der Waals surface area contributed by atoms with Crippen LogP contribution in [-0.2, 0) is 11.2 Å². The molecule has 1 aliphatic rings. The van der Waals surface area contributed by atoms with Crippen molar-refractivity contribution in [3.63, 3.8) is 0 Å². The van der Waals surface area contributed by atoms with Crippen molar-refractivity contribution in [1.29, 1.82) is 5.41 Å². The van der Waals surface area contributed by atoms with Gasteiger partial charge in [-0.1, -0.05) is 0 Å². The second-order valence-electron chi connectivity index (χ2n) is 7.80. The van der Waals surface area contributed by atoms with E-state index in [4.69, 9.17) is 19.6 Å². The van der Waals surface area contributed by atoms with Crippen LogP contribution in [0.15, 0.2) is 30.7 Å². The molecule has 33 heavy (non-hydrogen) atoms. The van der Waals surface area contributed by atoms with Gasteiger partial charge in [-0.2, -0.15) is 0 Å². The normalized spacial score (nSPS) is 15.0. The number of halogens is 2. The van der Waals surface area contributed by atoms with Gasteiger partial charge in [0, 0.05) is 78.6 Å². The fraction of sp³-hybridized carbons (Fsp3) is 0.333. The van der Waals surface area contributed by atoms with Gasteiger partial charge in [-0.3, -0.25) is 0 Å². The topological polar surface area (TPSA) is 92.3 Å². The standard InChI is InChI=1S/C24H26F2N4O3/c1-31-20-9-21(32-2)23(26)19(22(20)25)8-15-12-30-24-18(15)7-14(11-29-24)16(10-27)13-28-17-3-5-33-6-4-17/h7,9-13,17,27-28H,3-6,8H2,1-2H3,(H,29,30)/b16-13+,27-10?. The van der Waals surface area contributed by atoms with Gasteiger partial charge in [0.25, 0.3) is 0 Å². The lowest BCUT2D eigenvalue weighted by Crippen LogP contribution is -2.31. The summed E-state index contributed by atoms with van der Waals surface area (Å²) >= 11 is 0. The van der Waals surface area contributed by atoms with Crippen LogP contribution in [0.3, 0.4) is 0 Å². The van der Waals surface area contributed by atoms with Crippen LogP contribution in [-0.4, -0.2) is 49.7 Å². The summed E-state index contributed by atoms with van der Waals surface area (Å²) in [5.41, 5.74) is 2.48. The second-order valence-corrected chi connectivity index (χ2v) is 7.80. The summed E-state index contributed by atoms with van der Waals surface area (Å²) in [4.78, 5) is 7.48. The smallest absolute Gasteiger partial charge is 0.171 e. The third kappa shape index (κ3) is 4.68. The zero-order valence-corrected chi connectivity index (χ0v) is 18.5. The third-order valence-corrected chi connectivity index (χ3v) is 5.83. The highest BCUT2D eigenvalue weighted by molar-refractivity contribution is 6.09. The van der Waals surface area contributed by atoms with Crippen molar-refractivity contribution in [3.8, 4) is 11.5 Å². The van der Waals surface area contributed by atoms with Gasteiger partial charge in [0.15, 0.2) is 23.1 Å². The lowest BCUT2D eigenvalue weighted by molar-refractivity contribution is 0.0812. The number of H-pyrrole nitrogens is 1. The van der Waals surface area contributed by atoms with Crippen molar-refractivity contribution < 1.29 is 23.0 Å². The molecule has 174 valence electrons. The number of nitrogens with one attached hydrogen (secondary N) is 3. The largest absolute Gasteiger partial charge is 0.494 e. The molecule has 0 atom stereocenters. The van der Waals surface area contributed by atoms with E-state index in [1.807, 2.05) is 12.3 Å². The molecule has 0 spiro atoms. The summed E-state index contributed by atoms with van der Waals surface area (Å²) in [7, 11) is 2.64. The molecular formula is C24H26F2N4O3. The maximum atomic E-state index is 14.9. The van der Waals surface area contributed by atoms with E-state index in [2.05, 4.69) is 15.3 Å². The van der Waals surface area contributed by atoms with Crippen molar-refractivity contribution in [1.82, 2.24) is 15.3 Å². The van der Waals surface area contributed by atoms with E-state index in [0.29, 0.717) is 41.4 Å². The van der Waals surface area contributed by atoms with Gasteiger partial charge in [-0.15, -0.1) is 0 Å². The Morgan fingerprint density at radius 2 is 1.91 bits per heavy atom. The van der Waals surface area contributed by atoms with Crippen molar-refractivity contribution in [2.45, 2.75) is 25.3 Å². The number of ether oxygens (including phenoxy) is 3. The quantitative estimate of drug-likeness (QED) is 0.442. The molecule has 3 N–H and O–H groups in total. The number of aromatic amines is 1. The molecular weight excluding hydrogens is 430 g/mol. The van der Waals surface area contributed by atoms with Crippen LogP contribution in [0.1, 0.15) is 29.5 Å². The summed E-state index contributed by atoms with van der Waals surface area (Å²) in [5.74, 6) is -1.71. The molecule has 1 saturated heterocycles. The molecule has 3 heterocycles. The number of benzene rings is 1. The fourth-order valence-corrected chi connectivity index (χ4v) is 3.92. The second kappa shape index (κ2) is 9.99. The fourth-order valence-electron chi connectivity index (χ4n) is 3.92. The molecule has 1 aliphatic heterocycles. The van der Waals surface area contributed by atoms with Crippen LogP contribution >= 0.6 is 0 Å². The van der Waals surface area contributed by atoms with Crippen molar-refractivity contribution in [2.24, 2.45) is 0 Å². The zero-order chi connectivity index (χ0) is 23.4. The van der Waals surface area contributed by atoms with Crippen molar-refractivity contribution >= 4 is 22.8 Å². The molecule has 1 fully saturated rings. The predicted molar refractivity (Wildman–Crippen MR) is 122 cm³/mol. The Balaban J connectivity index is 1.67. The van der Waals surface area contributed by atoms with Gasteiger partial charge >= 0.3 is 0 Å². The zero-order valence-electron chi connectivity index (χ0n) is 18.5. The number of pyridine rings is 1. The summed E-state index contributed by atoms with van der Waals surface area (Å²) in [6.45, 7) is 1.43. The van der Waals surface area contributed by atoms with Gasteiger partial charge in [-0.05, 0) is 24.5 Å². The average molecular weight is 456 g/mol. The Morgan fingerprint density at radius 1 is 1.21 bits per heavy atom. The van der Waals surface area contributed by atoms with E-state index in [-0.39, 0.29) is 23.5 Å². The number of fused-ring (bicyclic) bond motifs is 1. The molecule has 0 amide bonds. The number of hydrogen-bond donors (Lipinski definition) is 3. The van der Waals surface area contributed by atoms with E-state index in [1.54, 1.807) is 12.4 Å². The monoisotopic (exact) mass is 456 g/mol. The predicted octanol–water partition coefficient (Wildman–Crippen LogP) is 4.21. The van der Waals surface area contributed by atoms with Crippen LogP contribution in [0.2, 0.25) is 0 Å². The molecule has 0 aliphatic carbocycles. The summed E-state index contributed by atoms with van der Waals surface area (Å²) in [5, 5.41) is 11.9. The summed E-state index contributed by atoms with van der Waals surface area (Å²) in [6.07, 6.45) is 8.20. The number of allylic oxidation sites excluding steroid dienone is 1. The molecule has 3 aromatic rings. The SMILES string of the molecule is COc1cc(OC)c(F)c(Cc2c[nH]c3ncc(/C(C=N)=C/NC4CCOCC4)cc23)c1F. The molecule has 4 rings (SSSR count). The van der Waals surface area contributed by atoms with E-state index < -0.39 is 11.6 Å². The minimum atomic E-state index is -0.769. The number of methoxy groups -OCH3 is 2. The van der Waals surface area contributed by atoms with Gasteiger partial charge in [-0.25, -0.2) is 13.8 Å². The lowest BCUT2D eigenvalue weighted by atomic mass is 10.0. The molecule has 1 aromatic carbocycles. The molecule has 0 radical (unpaired) electrons. The van der Waals surface area contributed by atoms with E-state index in [9.17, 15) is 8.78 Å². The average Bonchev–Trinajstić information content (AvgIpc) is 3.25. The summed E-state index contributed by atoms with van der Waals surface area (Å²) in [6, 6.07) is 3.35. The number of aromatic nitrogens is 2. The highest BCUT2D eigenvalue weighted by Gasteiger charge is 2.21. The first-order chi connectivity index (χ1) is 16.0. The Bertz CT molecular complexity index is 1160. The Labute approximate surface area is 190 Å². The molecule has 0 saturated carbocycles. The molecule has 0 bridgehead atoms. The minimum absolute atomic E-state index is 0.0275. The lowest BCUT2D eigenvalue weighted by Gasteiger charge is -2.22. The van der Waals surface area contributed by atoms with Gasteiger partial charge < -0.3 is 29.9 Å². The summed E-state index contributed by atoms with van der Waals surface area (Å²) < 4.78 is 45.2. The maximum absolute atomic E-state index is 14.9. The number of nitrogens with zero attached hydrogens (tertiary/aromatic N) is 1. The van der Waals surface area contributed by atoms with Crippen LogP contribution in [0, 0.1) is 17.0 Å². The van der Waals surface area contributed by atoms with Crippen molar-refractivity contribution in [3.05, 3.63) is 59.1 Å². The van der Waals surface area contributed by atoms with E-state index >= 15 is 0 Å². The van der Waals surface area contributed by atoms with Crippen LogP contribution in [0.5, 0.6) is 11.5 Å². The molecule has 2 aromatic heterocycles. The van der Waals surface area contributed by atoms with Crippen LogP contribution < -0.4 is 14.8 Å². The molecule has 0 unspecified atom stereocenters. The number of rotatable bonds is 8. The van der Waals surface area contributed by atoms with E-state index in [1.165, 1.54) is 26.5 Å². The number of hydrogen-bond acceptors (Lipinski definition) is 6. The van der Waals surface area contributed by atoms with Gasteiger partial charge in [0.1, 0.15) is 5.65 Å². The first-order valence-electron chi connectivity index (χ1n) is 10.6. The minimum Gasteiger partial charge on any atom is -0.494 e. The highest BCUT2D eigenvalue weighted by Crippen LogP contribution is 2.34. The first-order valence-corrected chi connectivity index (χ1v) is 10.6. The van der Waals surface area contributed by atoms with Gasteiger partial charge in [0.05, 0.1) is 14.2 Å². The highest BCUT2D eigenvalue weighted by atomic mass is 19.1. The van der Waals surface area contributed by atoms with Crippen LogP contribution in [0.25, 0.3) is 16.6 Å². The van der Waals surface area contributed by atoms with Gasteiger partial charge in [0.2, 0.25) is 0 Å². The Kier molecular flexibility index (Phi) is 6.88. The molecule has 7 nitrogen and oxygen atoms in total. The molecule has 9 heteroatoms. The van der Waals surface area contributed by atoms with Crippen LogP contribution in [0.4, 0.5) is 8.78 Å². The Hall–Kier alpha value is -3.46.